The van der Waals surface area contributed by atoms with E-state index >= 15 is 0 Å². The van der Waals surface area contributed by atoms with E-state index in [-0.39, 0.29) is 6.61 Å². The smallest absolute Gasteiger partial charge is 0.418 e. The summed E-state index contributed by atoms with van der Waals surface area (Å²) in [5.41, 5.74) is -0.0966. The first-order valence-corrected chi connectivity index (χ1v) is 14.0. The van der Waals surface area contributed by atoms with Crippen molar-refractivity contribution in [3.63, 3.8) is 0 Å². The SMILES string of the molecule is CCCCOC(=O)C(C(=O)OC12CC3CC(CC(C3)C1)C2)C(C)(O[C]=O)c1ccccc1-c1ccccc1. The van der Waals surface area contributed by atoms with Gasteiger partial charge in [0.25, 0.3) is 0 Å². The van der Waals surface area contributed by atoms with Crippen molar-refractivity contribution in [2.45, 2.75) is 76.4 Å². The van der Waals surface area contributed by atoms with Crippen molar-refractivity contribution < 1.29 is 28.6 Å². The molecular formula is C32H37O6. The molecule has 0 amide bonds. The van der Waals surface area contributed by atoms with E-state index in [0.717, 1.165) is 36.8 Å². The monoisotopic (exact) mass is 517 g/mol. The van der Waals surface area contributed by atoms with Gasteiger partial charge in [-0.3, -0.25) is 9.59 Å². The molecule has 0 saturated heterocycles. The van der Waals surface area contributed by atoms with Gasteiger partial charge >= 0.3 is 18.4 Å². The average molecular weight is 518 g/mol. The minimum atomic E-state index is -1.68. The Morgan fingerprint density at radius 2 is 1.55 bits per heavy atom. The predicted molar refractivity (Wildman–Crippen MR) is 142 cm³/mol. The number of rotatable bonds is 11. The lowest BCUT2D eigenvalue weighted by atomic mass is 9.54. The zero-order valence-corrected chi connectivity index (χ0v) is 22.3. The molecule has 2 aromatic carbocycles. The first kappa shape index (κ1) is 26.5. The maximum atomic E-state index is 14.1. The Morgan fingerprint density at radius 1 is 0.947 bits per heavy atom. The maximum Gasteiger partial charge on any atom is 0.418 e. The van der Waals surface area contributed by atoms with E-state index in [4.69, 9.17) is 14.2 Å². The second-order valence-electron chi connectivity index (χ2n) is 11.7. The molecule has 1 radical (unpaired) electrons. The molecule has 4 aliphatic carbocycles. The van der Waals surface area contributed by atoms with Crippen molar-refractivity contribution in [2.24, 2.45) is 23.7 Å². The van der Waals surface area contributed by atoms with E-state index in [0.29, 0.717) is 29.7 Å². The Balaban J connectivity index is 1.54. The molecule has 201 valence electrons. The van der Waals surface area contributed by atoms with Gasteiger partial charge < -0.3 is 14.2 Å². The lowest BCUT2D eigenvalue weighted by Crippen LogP contribution is -2.55. The first-order chi connectivity index (χ1) is 18.4. The molecule has 2 unspecified atom stereocenters. The summed E-state index contributed by atoms with van der Waals surface area (Å²) in [5, 5.41) is 0. The Hall–Kier alpha value is -3.15. The Morgan fingerprint density at radius 3 is 2.16 bits per heavy atom. The lowest BCUT2D eigenvalue weighted by Gasteiger charge is -2.56. The van der Waals surface area contributed by atoms with Crippen molar-refractivity contribution in [3.05, 3.63) is 60.2 Å². The minimum Gasteiger partial charge on any atom is -0.465 e. The van der Waals surface area contributed by atoms with Gasteiger partial charge in [-0.25, -0.2) is 4.79 Å². The first-order valence-electron chi connectivity index (χ1n) is 14.0. The van der Waals surface area contributed by atoms with Crippen molar-refractivity contribution in [1.82, 2.24) is 0 Å². The number of carbonyl (C=O) groups excluding carboxylic acids is 3. The van der Waals surface area contributed by atoms with Crippen LogP contribution in [0.15, 0.2) is 54.6 Å². The average Bonchev–Trinajstić information content (AvgIpc) is 2.88. The molecule has 4 saturated carbocycles. The standard InChI is InChI=1S/C32H37O6/c1-3-4-14-36-29(34)28(30(35)38-32-18-22-15-23(19-32)17-24(16-22)20-32)31(2,37-21-33)27-13-9-8-12-26(27)25-10-6-5-7-11-25/h5-13,22-24,28H,3-4,14-20H2,1-2H3. The van der Waals surface area contributed by atoms with Crippen LogP contribution in [0.1, 0.15) is 70.8 Å². The van der Waals surface area contributed by atoms with E-state index in [9.17, 15) is 14.4 Å². The highest BCUT2D eigenvalue weighted by Crippen LogP contribution is 2.57. The highest BCUT2D eigenvalue weighted by Gasteiger charge is 2.57. The van der Waals surface area contributed by atoms with Crippen LogP contribution in [-0.2, 0) is 34.2 Å². The van der Waals surface area contributed by atoms with Gasteiger partial charge in [-0.05, 0) is 80.8 Å². The van der Waals surface area contributed by atoms with Gasteiger partial charge in [0.1, 0.15) is 5.60 Å². The number of hydrogen-bond acceptors (Lipinski definition) is 6. The van der Waals surface area contributed by atoms with Gasteiger partial charge in [0.15, 0.2) is 11.5 Å². The molecule has 0 spiro atoms. The summed E-state index contributed by atoms with van der Waals surface area (Å²) in [5.74, 6) is -1.22. The molecule has 4 bridgehead atoms. The van der Waals surface area contributed by atoms with Crippen LogP contribution in [0.4, 0.5) is 0 Å². The summed E-state index contributed by atoms with van der Waals surface area (Å²) >= 11 is 0. The lowest BCUT2D eigenvalue weighted by molar-refractivity contribution is -0.201. The fourth-order valence-corrected chi connectivity index (χ4v) is 7.52. The molecule has 4 fully saturated rings. The van der Waals surface area contributed by atoms with Crippen LogP contribution in [0.25, 0.3) is 11.1 Å². The highest BCUT2D eigenvalue weighted by molar-refractivity contribution is 5.97. The van der Waals surface area contributed by atoms with Crippen molar-refractivity contribution >= 4 is 18.4 Å². The Labute approximate surface area is 225 Å². The van der Waals surface area contributed by atoms with E-state index in [1.165, 1.54) is 25.7 Å². The van der Waals surface area contributed by atoms with Crippen molar-refractivity contribution in [1.29, 1.82) is 0 Å². The molecule has 6 rings (SSSR count). The summed E-state index contributed by atoms with van der Waals surface area (Å²) in [7, 11) is 0. The fourth-order valence-electron chi connectivity index (χ4n) is 7.52. The van der Waals surface area contributed by atoms with Gasteiger partial charge in [-0.2, -0.15) is 0 Å². The van der Waals surface area contributed by atoms with Gasteiger partial charge in [0.2, 0.25) is 0 Å². The third-order valence-electron chi connectivity index (χ3n) is 8.86. The topological polar surface area (TPSA) is 78.9 Å². The highest BCUT2D eigenvalue weighted by atomic mass is 16.6. The quantitative estimate of drug-likeness (QED) is 0.155. The molecule has 0 N–H and O–H groups in total. The minimum absolute atomic E-state index is 0.178. The largest absolute Gasteiger partial charge is 0.465 e. The van der Waals surface area contributed by atoms with Gasteiger partial charge in [-0.15, -0.1) is 0 Å². The van der Waals surface area contributed by atoms with Gasteiger partial charge in [0, 0.05) is 5.56 Å². The van der Waals surface area contributed by atoms with Crippen LogP contribution in [0.3, 0.4) is 0 Å². The molecule has 6 heteroatoms. The Bertz CT molecular complexity index is 1120. The summed E-state index contributed by atoms with van der Waals surface area (Å²) in [6.07, 6.45) is 7.60. The van der Waals surface area contributed by atoms with E-state index in [1.54, 1.807) is 19.1 Å². The third kappa shape index (κ3) is 5.10. The second-order valence-corrected chi connectivity index (χ2v) is 11.7. The van der Waals surface area contributed by atoms with Gasteiger partial charge in [0.05, 0.1) is 6.61 Å². The van der Waals surface area contributed by atoms with Crippen LogP contribution < -0.4 is 0 Å². The fraction of sp³-hybridized carbons (Fsp3) is 0.531. The molecule has 2 aromatic rings. The number of ether oxygens (including phenoxy) is 3. The van der Waals surface area contributed by atoms with E-state index < -0.39 is 29.1 Å². The normalized spacial score (nSPS) is 27.7. The zero-order valence-electron chi connectivity index (χ0n) is 22.3. The number of esters is 2. The molecule has 0 aliphatic heterocycles. The Kier molecular flexibility index (Phi) is 7.60. The molecule has 0 heterocycles. The summed E-state index contributed by atoms with van der Waals surface area (Å²) in [4.78, 5) is 39.6. The van der Waals surface area contributed by atoms with Crippen LogP contribution in [0.5, 0.6) is 0 Å². The van der Waals surface area contributed by atoms with Crippen molar-refractivity contribution in [3.8, 4) is 11.1 Å². The van der Waals surface area contributed by atoms with Gasteiger partial charge in [-0.1, -0.05) is 67.9 Å². The van der Waals surface area contributed by atoms with E-state index in [1.807, 2.05) is 49.4 Å². The van der Waals surface area contributed by atoms with Crippen LogP contribution >= 0.6 is 0 Å². The van der Waals surface area contributed by atoms with E-state index in [2.05, 4.69) is 0 Å². The molecule has 38 heavy (non-hydrogen) atoms. The predicted octanol–water partition coefficient (Wildman–Crippen LogP) is 6.12. The zero-order chi connectivity index (χ0) is 26.8. The van der Waals surface area contributed by atoms with Crippen LogP contribution in [0.2, 0.25) is 0 Å². The second kappa shape index (κ2) is 10.9. The number of carbonyl (C=O) groups is 2. The summed E-state index contributed by atoms with van der Waals surface area (Å²) in [6, 6.07) is 17.0. The molecule has 4 aliphatic rings. The third-order valence-corrected chi connectivity index (χ3v) is 8.86. The number of hydrogen-bond donors (Lipinski definition) is 0. The maximum absolute atomic E-state index is 14.1. The molecule has 2 atom stereocenters. The van der Waals surface area contributed by atoms with Crippen LogP contribution in [-0.4, -0.2) is 30.6 Å². The number of benzene rings is 2. The number of unbranched alkanes of at least 4 members (excludes halogenated alkanes) is 1. The molecular weight excluding hydrogens is 480 g/mol. The van der Waals surface area contributed by atoms with Crippen molar-refractivity contribution in [2.75, 3.05) is 6.61 Å². The van der Waals surface area contributed by atoms with Crippen LogP contribution in [0, 0.1) is 23.7 Å². The summed E-state index contributed by atoms with van der Waals surface area (Å²) < 4.78 is 17.5. The molecule has 0 aromatic heterocycles. The molecule has 6 nitrogen and oxygen atoms in total. The summed E-state index contributed by atoms with van der Waals surface area (Å²) in [6.45, 7) is 5.30.